The minimum atomic E-state index is -0.564. The lowest BCUT2D eigenvalue weighted by Gasteiger charge is -2.05. The van der Waals surface area contributed by atoms with Crippen molar-refractivity contribution < 1.29 is 9.66 Å². The number of nitro benzene ring substituents is 1. The molecule has 0 unspecified atom stereocenters. The molecule has 0 saturated carbocycles. The molecule has 78 valence electrons. The van der Waals surface area contributed by atoms with Gasteiger partial charge >= 0.3 is 0 Å². The second-order valence-corrected chi connectivity index (χ2v) is 3.11. The lowest BCUT2D eigenvalue weighted by Crippen LogP contribution is -1.96. The average Bonchev–Trinajstić information content (AvgIpc) is 2.18. The predicted octanol–water partition coefficient (Wildman–Crippen LogP) is 2.32. The van der Waals surface area contributed by atoms with E-state index in [1.165, 1.54) is 19.2 Å². The van der Waals surface area contributed by atoms with Crippen LogP contribution in [0.15, 0.2) is 12.1 Å². The Hall–Kier alpha value is -1.80. The van der Waals surface area contributed by atoms with Crippen LogP contribution in [0.3, 0.4) is 0 Å². The quantitative estimate of drug-likeness (QED) is 0.585. The van der Waals surface area contributed by atoms with E-state index in [9.17, 15) is 10.1 Å². The maximum Gasteiger partial charge on any atom is 0.277 e. The Morgan fingerprint density at radius 3 is 2.80 bits per heavy atom. The Morgan fingerprint density at radius 1 is 1.67 bits per heavy atom. The summed E-state index contributed by atoms with van der Waals surface area (Å²) in [4.78, 5) is 10.1. The number of hydrogen-bond donors (Lipinski definition) is 0. The molecule has 0 atom stereocenters. The fraction of sp³-hybridized carbons (Fsp3) is 0.222. The van der Waals surface area contributed by atoms with Crippen molar-refractivity contribution in [2.45, 2.75) is 6.42 Å². The van der Waals surface area contributed by atoms with E-state index in [0.29, 0.717) is 0 Å². The highest BCUT2D eigenvalue weighted by molar-refractivity contribution is 6.32. The van der Waals surface area contributed by atoms with Gasteiger partial charge in [0.25, 0.3) is 5.69 Å². The Bertz CT molecular complexity index is 440. The Labute approximate surface area is 91.0 Å². The summed E-state index contributed by atoms with van der Waals surface area (Å²) in [5.74, 6) is 0.227. The van der Waals surface area contributed by atoms with Gasteiger partial charge in [0.1, 0.15) is 5.75 Å². The molecular weight excluding hydrogens is 220 g/mol. The van der Waals surface area contributed by atoms with E-state index >= 15 is 0 Å². The topological polar surface area (TPSA) is 76.2 Å². The van der Waals surface area contributed by atoms with E-state index in [1.807, 2.05) is 6.07 Å². The number of benzene rings is 1. The fourth-order valence-electron chi connectivity index (χ4n) is 1.14. The summed E-state index contributed by atoms with van der Waals surface area (Å²) in [7, 11) is 1.37. The van der Waals surface area contributed by atoms with Gasteiger partial charge in [-0.3, -0.25) is 10.1 Å². The Balaban J connectivity index is 3.33. The lowest BCUT2D eigenvalue weighted by atomic mass is 10.1. The molecular formula is C9H7ClN2O3. The van der Waals surface area contributed by atoms with Gasteiger partial charge < -0.3 is 4.74 Å². The van der Waals surface area contributed by atoms with Crippen molar-refractivity contribution in [3.63, 3.8) is 0 Å². The third kappa shape index (κ3) is 2.36. The first-order chi connectivity index (χ1) is 7.10. The summed E-state index contributed by atoms with van der Waals surface area (Å²) in [5, 5.41) is 19.4. The first-order valence-corrected chi connectivity index (χ1v) is 4.35. The summed E-state index contributed by atoms with van der Waals surface area (Å²) in [5.41, 5.74) is 0.131. The summed E-state index contributed by atoms with van der Waals surface area (Å²) >= 11 is 5.78. The van der Waals surface area contributed by atoms with Crippen molar-refractivity contribution in [2.24, 2.45) is 0 Å². The summed E-state index contributed by atoms with van der Waals surface area (Å²) in [6.07, 6.45) is -0.0555. The molecule has 0 aliphatic heterocycles. The number of methoxy groups -OCH3 is 1. The molecule has 1 rings (SSSR count). The van der Waals surface area contributed by atoms with Crippen molar-refractivity contribution in [3.8, 4) is 11.8 Å². The second-order valence-electron chi connectivity index (χ2n) is 2.71. The summed E-state index contributed by atoms with van der Waals surface area (Å²) in [6.45, 7) is 0. The van der Waals surface area contributed by atoms with Crippen molar-refractivity contribution in [3.05, 3.63) is 32.8 Å². The molecule has 1 aromatic carbocycles. The maximum atomic E-state index is 10.7. The monoisotopic (exact) mass is 226 g/mol. The first-order valence-electron chi connectivity index (χ1n) is 3.98. The van der Waals surface area contributed by atoms with Crippen LogP contribution in [0.1, 0.15) is 5.56 Å². The van der Waals surface area contributed by atoms with Crippen molar-refractivity contribution in [1.29, 1.82) is 5.26 Å². The van der Waals surface area contributed by atoms with Crippen LogP contribution >= 0.6 is 11.6 Å². The van der Waals surface area contributed by atoms with E-state index in [2.05, 4.69) is 0 Å². The van der Waals surface area contributed by atoms with E-state index in [4.69, 9.17) is 21.6 Å². The zero-order chi connectivity index (χ0) is 11.4. The Kier molecular flexibility index (Phi) is 3.47. The van der Waals surface area contributed by atoms with Crippen LogP contribution in [-0.2, 0) is 6.42 Å². The molecule has 0 amide bonds. The van der Waals surface area contributed by atoms with Crippen LogP contribution in [0.4, 0.5) is 5.69 Å². The normalized spacial score (nSPS) is 9.40. The number of ether oxygens (including phenoxy) is 1. The number of hydrogen-bond acceptors (Lipinski definition) is 4. The molecule has 5 nitrogen and oxygen atoms in total. The smallest absolute Gasteiger partial charge is 0.277 e. The van der Waals surface area contributed by atoms with E-state index in [-0.39, 0.29) is 28.4 Å². The number of rotatable bonds is 3. The van der Waals surface area contributed by atoms with Crippen LogP contribution < -0.4 is 4.74 Å². The van der Waals surface area contributed by atoms with Crippen molar-refractivity contribution in [1.82, 2.24) is 0 Å². The lowest BCUT2D eigenvalue weighted by molar-refractivity contribution is -0.385. The molecule has 0 aromatic heterocycles. The number of nitro groups is 1. The fourth-order valence-corrected chi connectivity index (χ4v) is 1.40. The molecule has 15 heavy (non-hydrogen) atoms. The Morgan fingerprint density at radius 2 is 2.33 bits per heavy atom. The van der Waals surface area contributed by atoms with Crippen LogP contribution in [0.5, 0.6) is 5.75 Å². The van der Waals surface area contributed by atoms with Gasteiger partial charge in [-0.2, -0.15) is 5.26 Å². The number of halogens is 1. The average molecular weight is 227 g/mol. The molecule has 0 spiro atoms. The molecule has 0 aliphatic carbocycles. The highest BCUT2D eigenvalue weighted by Crippen LogP contribution is 2.32. The van der Waals surface area contributed by atoms with Gasteiger partial charge in [0.2, 0.25) is 0 Å². The highest BCUT2D eigenvalue weighted by Gasteiger charge is 2.17. The van der Waals surface area contributed by atoms with Gasteiger partial charge in [-0.15, -0.1) is 0 Å². The molecule has 1 aromatic rings. The summed E-state index contributed by atoms with van der Waals surface area (Å²) in [6, 6.07) is 4.43. The largest absolute Gasteiger partial charge is 0.495 e. The van der Waals surface area contributed by atoms with E-state index in [0.717, 1.165) is 0 Å². The standard InChI is InChI=1S/C9H7ClN2O3/c1-15-9-5-8(12(13)14)6(2-3-11)4-7(9)10/h4-5H,2H2,1H3. The molecule has 0 bridgehead atoms. The third-order valence-corrected chi connectivity index (χ3v) is 2.11. The molecule has 0 N–H and O–H groups in total. The van der Waals surface area contributed by atoms with Gasteiger partial charge in [0.05, 0.1) is 35.6 Å². The zero-order valence-electron chi connectivity index (χ0n) is 7.86. The molecule has 0 aliphatic rings. The van der Waals surface area contributed by atoms with Crippen LogP contribution in [0.25, 0.3) is 0 Å². The van der Waals surface area contributed by atoms with Crippen molar-refractivity contribution >= 4 is 17.3 Å². The first kappa shape index (κ1) is 11.3. The van der Waals surface area contributed by atoms with Gasteiger partial charge in [0, 0.05) is 5.56 Å². The summed E-state index contributed by atoms with van der Waals surface area (Å²) < 4.78 is 4.85. The van der Waals surface area contributed by atoms with Gasteiger partial charge in [-0.1, -0.05) is 11.6 Å². The van der Waals surface area contributed by atoms with E-state index < -0.39 is 4.92 Å². The number of nitrogens with zero attached hydrogens (tertiary/aromatic N) is 2. The van der Waals surface area contributed by atoms with Gasteiger partial charge in [-0.25, -0.2) is 0 Å². The zero-order valence-corrected chi connectivity index (χ0v) is 8.61. The minimum Gasteiger partial charge on any atom is -0.495 e. The molecule has 0 radical (unpaired) electrons. The minimum absolute atomic E-state index is 0.0555. The molecule has 0 heterocycles. The van der Waals surface area contributed by atoms with Crippen LogP contribution in [0.2, 0.25) is 5.02 Å². The van der Waals surface area contributed by atoms with Crippen molar-refractivity contribution in [2.75, 3.05) is 7.11 Å². The SMILES string of the molecule is COc1cc([N+](=O)[O-])c(CC#N)cc1Cl. The predicted molar refractivity (Wildman–Crippen MR) is 54.0 cm³/mol. The number of nitriles is 1. The second kappa shape index (κ2) is 4.62. The molecule has 6 heteroatoms. The third-order valence-electron chi connectivity index (χ3n) is 1.82. The van der Waals surface area contributed by atoms with Crippen LogP contribution in [-0.4, -0.2) is 12.0 Å². The van der Waals surface area contributed by atoms with E-state index in [1.54, 1.807) is 0 Å². The molecule has 0 fully saturated rings. The maximum absolute atomic E-state index is 10.7. The molecule has 0 saturated heterocycles. The van der Waals surface area contributed by atoms with Crippen LogP contribution in [0, 0.1) is 21.4 Å². The van der Waals surface area contributed by atoms with Gasteiger partial charge in [-0.05, 0) is 6.07 Å². The highest BCUT2D eigenvalue weighted by atomic mass is 35.5. The van der Waals surface area contributed by atoms with Gasteiger partial charge in [0.15, 0.2) is 0 Å².